The van der Waals surface area contributed by atoms with Crippen LogP contribution >= 0.6 is 22.9 Å². The van der Waals surface area contributed by atoms with Gasteiger partial charge in [0.25, 0.3) is 10.0 Å². The molecule has 0 unspecified atom stereocenters. The maximum Gasteiger partial charge on any atom is 0.325 e. The molecule has 1 aliphatic rings. The van der Waals surface area contributed by atoms with Crippen molar-refractivity contribution in [1.29, 1.82) is 0 Å². The largest absolute Gasteiger partial charge is 0.325 e. The van der Waals surface area contributed by atoms with Gasteiger partial charge in [0.1, 0.15) is 4.21 Å². The summed E-state index contributed by atoms with van der Waals surface area (Å²) in [6.45, 7) is 0. The molecule has 0 radical (unpaired) electrons. The Morgan fingerprint density at radius 1 is 1.32 bits per heavy atom. The van der Waals surface area contributed by atoms with E-state index in [0.29, 0.717) is 22.8 Å². The van der Waals surface area contributed by atoms with E-state index in [1.807, 2.05) is 18.2 Å². The van der Waals surface area contributed by atoms with Crippen molar-refractivity contribution in [1.82, 2.24) is 4.72 Å². The predicted octanol–water partition coefficient (Wildman–Crippen LogP) is 3.14. The smallest absolute Gasteiger partial charge is 0.258 e. The van der Waals surface area contributed by atoms with Gasteiger partial charge in [-0.3, -0.25) is 10.1 Å². The molecule has 9 heteroatoms. The Balaban J connectivity index is 1.72. The van der Waals surface area contributed by atoms with Crippen molar-refractivity contribution in [3.8, 4) is 0 Å². The molecule has 116 valence electrons. The molecule has 1 aromatic carbocycles. The third-order valence-electron chi connectivity index (χ3n) is 3.39. The highest BCUT2D eigenvalue weighted by molar-refractivity contribution is 7.91. The summed E-state index contributed by atoms with van der Waals surface area (Å²) in [6, 6.07) is 9.55. The van der Waals surface area contributed by atoms with Gasteiger partial charge in [0.05, 0.1) is 4.92 Å². The zero-order chi connectivity index (χ0) is 15.9. The molecule has 22 heavy (non-hydrogen) atoms. The fourth-order valence-corrected chi connectivity index (χ4v) is 4.85. The van der Waals surface area contributed by atoms with Crippen LogP contribution in [0, 0.1) is 10.1 Å². The predicted molar refractivity (Wildman–Crippen MR) is 83.9 cm³/mol. The fourth-order valence-electron chi connectivity index (χ4n) is 2.24. The lowest BCUT2D eigenvalue weighted by Gasteiger charge is -2.04. The molecule has 0 amide bonds. The Morgan fingerprint density at radius 2 is 2.09 bits per heavy atom. The molecular formula is C13H11ClN2O4S2. The van der Waals surface area contributed by atoms with Crippen LogP contribution in [-0.4, -0.2) is 19.4 Å². The van der Waals surface area contributed by atoms with E-state index in [0.717, 1.165) is 5.56 Å². The molecule has 1 aromatic heterocycles. The number of hydrogen-bond donors (Lipinski definition) is 1. The quantitative estimate of drug-likeness (QED) is 0.656. The van der Waals surface area contributed by atoms with Crippen molar-refractivity contribution in [3.63, 3.8) is 0 Å². The number of rotatable bonds is 5. The maximum absolute atomic E-state index is 12.2. The van der Waals surface area contributed by atoms with Crippen molar-refractivity contribution in [2.45, 2.75) is 22.6 Å². The van der Waals surface area contributed by atoms with E-state index < -0.39 is 14.9 Å². The second-order valence-electron chi connectivity index (χ2n) is 4.97. The van der Waals surface area contributed by atoms with Crippen LogP contribution in [0.4, 0.5) is 5.00 Å². The minimum atomic E-state index is -3.73. The first-order chi connectivity index (χ1) is 10.4. The normalized spacial score (nSPS) is 20.8. The molecule has 6 nitrogen and oxygen atoms in total. The molecule has 2 aromatic rings. The minimum Gasteiger partial charge on any atom is -0.258 e. The number of nitro groups is 1. The molecule has 2 atom stereocenters. The standard InChI is InChI=1S/C13H11ClN2O4S2/c14-9-3-1-2-8(6-9)10-7-11(10)15-22(19,20)13-5-4-12(21-13)16(17)18/h1-6,10-11,15H,7H2/t10-,11+/m0/s1. The first-order valence-corrected chi connectivity index (χ1v) is 9.06. The van der Waals surface area contributed by atoms with Gasteiger partial charge < -0.3 is 0 Å². The summed E-state index contributed by atoms with van der Waals surface area (Å²) in [7, 11) is -3.73. The Kier molecular flexibility index (Phi) is 3.94. The van der Waals surface area contributed by atoms with Crippen molar-refractivity contribution in [2.75, 3.05) is 0 Å². The van der Waals surface area contributed by atoms with Crippen molar-refractivity contribution in [2.24, 2.45) is 0 Å². The van der Waals surface area contributed by atoms with Crippen LogP contribution in [-0.2, 0) is 10.0 Å². The number of sulfonamides is 1. The van der Waals surface area contributed by atoms with Crippen LogP contribution in [0.25, 0.3) is 0 Å². The van der Waals surface area contributed by atoms with Crippen LogP contribution in [0.15, 0.2) is 40.6 Å². The van der Waals surface area contributed by atoms with Crippen LogP contribution in [0.1, 0.15) is 17.9 Å². The summed E-state index contributed by atoms with van der Waals surface area (Å²) in [5.74, 6) is 0.0865. The van der Waals surface area contributed by atoms with Gasteiger partial charge in [-0.2, -0.15) is 0 Å². The lowest BCUT2D eigenvalue weighted by Crippen LogP contribution is -2.26. The molecule has 0 saturated heterocycles. The average molecular weight is 359 g/mol. The van der Waals surface area contributed by atoms with Crippen LogP contribution < -0.4 is 4.72 Å². The van der Waals surface area contributed by atoms with Gasteiger partial charge >= 0.3 is 5.00 Å². The number of halogens is 1. The van der Waals surface area contributed by atoms with E-state index in [9.17, 15) is 18.5 Å². The van der Waals surface area contributed by atoms with Gasteiger partial charge in [0.2, 0.25) is 0 Å². The molecule has 1 N–H and O–H groups in total. The molecule has 1 fully saturated rings. The van der Waals surface area contributed by atoms with Crippen LogP contribution in [0.5, 0.6) is 0 Å². The molecule has 1 saturated carbocycles. The Labute approximate surface area is 135 Å². The SMILES string of the molecule is O=[N+]([O-])c1ccc(S(=O)(=O)N[C@@H]2C[C@H]2c2cccc(Cl)c2)s1. The Bertz CT molecular complexity index is 834. The van der Waals surface area contributed by atoms with E-state index in [1.54, 1.807) is 6.07 Å². The van der Waals surface area contributed by atoms with Crippen molar-refractivity contribution < 1.29 is 13.3 Å². The van der Waals surface area contributed by atoms with Gasteiger partial charge in [-0.15, -0.1) is 0 Å². The topological polar surface area (TPSA) is 89.3 Å². The first-order valence-electron chi connectivity index (χ1n) is 6.39. The van der Waals surface area contributed by atoms with Gasteiger partial charge in [0, 0.05) is 23.0 Å². The lowest BCUT2D eigenvalue weighted by atomic mass is 10.1. The molecule has 0 bridgehead atoms. The molecule has 0 spiro atoms. The van der Waals surface area contributed by atoms with Crippen molar-refractivity contribution in [3.05, 3.63) is 57.1 Å². The second-order valence-corrected chi connectivity index (χ2v) is 8.41. The summed E-state index contributed by atoms with van der Waals surface area (Å²) in [5, 5.41) is 11.1. The third kappa shape index (κ3) is 3.14. The van der Waals surface area contributed by atoms with Crippen LogP contribution in [0.3, 0.4) is 0 Å². The van der Waals surface area contributed by atoms with Gasteiger partial charge in [0.15, 0.2) is 0 Å². The second kappa shape index (κ2) is 5.62. The van der Waals surface area contributed by atoms with E-state index in [-0.39, 0.29) is 21.2 Å². The number of benzene rings is 1. The van der Waals surface area contributed by atoms with Gasteiger partial charge in [-0.25, -0.2) is 13.1 Å². The molecular weight excluding hydrogens is 348 g/mol. The highest BCUT2D eigenvalue weighted by atomic mass is 35.5. The monoisotopic (exact) mass is 358 g/mol. The Hall–Kier alpha value is -1.48. The number of thiophene rings is 1. The molecule has 1 aliphatic carbocycles. The molecule has 0 aliphatic heterocycles. The highest BCUT2D eigenvalue weighted by Crippen LogP contribution is 2.42. The zero-order valence-corrected chi connectivity index (χ0v) is 13.5. The van der Waals surface area contributed by atoms with E-state index in [2.05, 4.69) is 4.72 Å². The van der Waals surface area contributed by atoms with E-state index in [4.69, 9.17) is 11.6 Å². The maximum atomic E-state index is 12.2. The zero-order valence-electron chi connectivity index (χ0n) is 11.1. The van der Waals surface area contributed by atoms with Crippen molar-refractivity contribution >= 4 is 38.0 Å². The number of nitrogens with zero attached hydrogens (tertiary/aromatic N) is 1. The minimum absolute atomic E-state index is 0.0454. The molecule has 3 rings (SSSR count). The summed E-state index contributed by atoms with van der Waals surface area (Å²) >= 11 is 6.57. The fraction of sp³-hybridized carbons (Fsp3) is 0.231. The van der Waals surface area contributed by atoms with E-state index >= 15 is 0 Å². The van der Waals surface area contributed by atoms with Crippen LogP contribution in [0.2, 0.25) is 5.02 Å². The number of hydrogen-bond acceptors (Lipinski definition) is 5. The lowest BCUT2D eigenvalue weighted by molar-refractivity contribution is -0.380. The van der Waals surface area contributed by atoms with Gasteiger partial charge in [-0.1, -0.05) is 23.7 Å². The average Bonchev–Trinajstić information content (AvgIpc) is 3.00. The summed E-state index contributed by atoms with van der Waals surface area (Å²) < 4.78 is 27.0. The summed E-state index contributed by atoms with van der Waals surface area (Å²) in [5.41, 5.74) is 0.984. The number of nitrogens with one attached hydrogen (secondary N) is 1. The first kappa shape index (κ1) is 15.4. The Morgan fingerprint density at radius 3 is 2.73 bits per heavy atom. The highest BCUT2D eigenvalue weighted by Gasteiger charge is 2.41. The summed E-state index contributed by atoms with van der Waals surface area (Å²) in [6.07, 6.45) is 0.688. The van der Waals surface area contributed by atoms with E-state index in [1.165, 1.54) is 12.1 Å². The molecule has 1 heterocycles. The van der Waals surface area contributed by atoms with Gasteiger partial charge in [-0.05, 0) is 41.5 Å². The summed E-state index contributed by atoms with van der Waals surface area (Å²) in [4.78, 5) is 10.0. The third-order valence-corrected chi connectivity index (χ3v) is 6.64.